The number of hydrogen-bond acceptors (Lipinski definition) is 7. The summed E-state index contributed by atoms with van der Waals surface area (Å²) in [4.78, 5) is 14.5. The number of fused-ring (bicyclic) bond motifs is 2. The molecule has 3 aliphatic heterocycles. The van der Waals surface area contributed by atoms with Gasteiger partial charge in [0.25, 0.3) is 0 Å². The number of benzene rings is 2. The topological polar surface area (TPSA) is 67.2 Å². The Bertz CT molecular complexity index is 1370. The van der Waals surface area contributed by atoms with E-state index in [4.69, 9.17) is 14.5 Å². The predicted molar refractivity (Wildman–Crippen MR) is 140 cm³/mol. The van der Waals surface area contributed by atoms with Gasteiger partial charge in [0, 0.05) is 61.7 Å². The number of aryl methyl sites for hydroxylation is 1. The fourth-order valence-electron chi connectivity index (χ4n) is 5.35. The van der Waals surface area contributed by atoms with E-state index in [0.29, 0.717) is 6.04 Å². The molecule has 0 atom stereocenters. The van der Waals surface area contributed by atoms with Gasteiger partial charge in [-0.1, -0.05) is 0 Å². The molecular formula is C28H30N6O2. The summed E-state index contributed by atoms with van der Waals surface area (Å²) in [5.41, 5.74) is 6.30. The van der Waals surface area contributed by atoms with Crippen LogP contribution in [0.5, 0.6) is 5.75 Å². The van der Waals surface area contributed by atoms with E-state index in [1.165, 1.54) is 11.3 Å². The lowest BCUT2D eigenvalue weighted by Gasteiger charge is -2.43. The fraction of sp³-hybridized carbons (Fsp3) is 0.357. The molecule has 7 rings (SSSR count). The highest BCUT2D eigenvalue weighted by Crippen LogP contribution is 2.31. The Hall–Kier alpha value is -3.62. The molecule has 0 aliphatic carbocycles. The van der Waals surface area contributed by atoms with Gasteiger partial charge in [0.05, 0.1) is 31.6 Å². The van der Waals surface area contributed by atoms with Crippen molar-refractivity contribution in [3.63, 3.8) is 0 Å². The van der Waals surface area contributed by atoms with Crippen molar-refractivity contribution in [2.24, 2.45) is 0 Å². The molecule has 3 aliphatic rings. The zero-order valence-corrected chi connectivity index (χ0v) is 20.3. The van der Waals surface area contributed by atoms with E-state index < -0.39 is 0 Å². The quantitative estimate of drug-likeness (QED) is 0.461. The largest absolute Gasteiger partial charge is 0.493 e. The van der Waals surface area contributed by atoms with Gasteiger partial charge >= 0.3 is 0 Å². The monoisotopic (exact) mass is 482 g/mol. The van der Waals surface area contributed by atoms with Gasteiger partial charge in [0.2, 0.25) is 0 Å². The highest BCUT2D eigenvalue weighted by atomic mass is 16.5. The zero-order chi connectivity index (χ0) is 23.9. The van der Waals surface area contributed by atoms with E-state index in [9.17, 15) is 0 Å². The van der Waals surface area contributed by atoms with Crippen molar-refractivity contribution in [2.75, 3.05) is 56.2 Å². The maximum absolute atomic E-state index is 5.79. The third-order valence-corrected chi connectivity index (χ3v) is 7.52. The second-order valence-electron chi connectivity index (χ2n) is 9.79. The van der Waals surface area contributed by atoms with Gasteiger partial charge in [-0.05, 0) is 60.9 Å². The van der Waals surface area contributed by atoms with E-state index >= 15 is 0 Å². The summed E-state index contributed by atoms with van der Waals surface area (Å²) in [5.74, 6) is 1.74. The van der Waals surface area contributed by atoms with Crippen LogP contribution < -0.4 is 15.0 Å². The maximum atomic E-state index is 5.79. The summed E-state index contributed by atoms with van der Waals surface area (Å²) in [6.07, 6.45) is 7.91. The Morgan fingerprint density at radius 2 is 1.83 bits per heavy atom. The minimum absolute atomic E-state index is 0.621. The smallest absolute Gasteiger partial charge is 0.180 e. The minimum atomic E-state index is 0.621. The van der Waals surface area contributed by atoms with Crippen LogP contribution in [0.4, 0.5) is 17.2 Å². The molecule has 0 amide bonds. The number of nitrogens with zero attached hydrogens (tertiary/aromatic N) is 5. The first-order valence-electron chi connectivity index (χ1n) is 12.8. The van der Waals surface area contributed by atoms with Crippen molar-refractivity contribution in [1.82, 2.24) is 19.3 Å². The molecule has 1 N–H and O–H groups in total. The first kappa shape index (κ1) is 21.6. The lowest BCUT2D eigenvalue weighted by molar-refractivity contribution is -0.0660. The molecule has 4 aromatic rings. The SMILES string of the molecule is c1cn2cc(-c3ccc4c(c3)CCCO4)nc(Nc3ccc(N4CCN(C5COC5)CC4)cc3)c2n1. The second-order valence-corrected chi connectivity index (χ2v) is 9.79. The van der Waals surface area contributed by atoms with E-state index in [1.54, 1.807) is 0 Å². The summed E-state index contributed by atoms with van der Waals surface area (Å²) < 4.78 is 13.2. The normalized spacial score (nSPS) is 18.5. The Balaban J connectivity index is 1.11. The third kappa shape index (κ3) is 4.06. The van der Waals surface area contributed by atoms with Crippen molar-refractivity contribution in [3.05, 3.63) is 66.6 Å². The zero-order valence-electron chi connectivity index (χ0n) is 20.3. The van der Waals surface area contributed by atoms with Gasteiger partial charge in [-0.2, -0.15) is 0 Å². The van der Waals surface area contributed by atoms with Crippen molar-refractivity contribution >= 4 is 22.8 Å². The molecule has 0 saturated carbocycles. The first-order valence-corrected chi connectivity index (χ1v) is 12.8. The van der Waals surface area contributed by atoms with Crippen LogP contribution in [-0.2, 0) is 11.2 Å². The van der Waals surface area contributed by atoms with Crippen LogP contribution in [-0.4, -0.2) is 71.3 Å². The molecule has 8 nitrogen and oxygen atoms in total. The molecule has 5 heterocycles. The lowest BCUT2D eigenvalue weighted by atomic mass is 10.0. The average Bonchev–Trinajstić information content (AvgIpc) is 3.38. The number of nitrogens with one attached hydrogen (secondary N) is 1. The van der Waals surface area contributed by atoms with Crippen molar-refractivity contribution in [2.45, 2.75) is 18.9 Å². The second kappa shape index (κ2) is 9.11. The number of aromatic nitrogens is 3. The Morgan fingerprint density at radius 3 is 2.64 bits per heavy atom. The van der Waals surface area contributed by atoms with E-state index in [0.717, 1.165) is 93.0 Å². The van der Waals surface area contributed by atoms with Crippen LogP contribution in [0.1, 0.15) is 12.0 Å². The summed E-state index contributed by atoms with van der Waals surface area (Å²) in [5, 5.41) is 3.51. The number of imidazole rings is 1. The van der Waals surface area contributed by atoms with Crippen LogP contribution in [0.25, 0.3) is 16.9 Å². The van der Waals surface area contributed by atoms with Gasteiger partial charge in [0.15, 0.2) is 11.5 Å². The van der Waals surface area contributed by atoms with Gasteiger partial charge in [-0.15, -0.1) is 0 Å². The molecule has 0 radical (unpaired) electrons. The molecule has 0 bridgehead atoms. The van der Waals surface area contributed by atoms with E-state index in [-0.39, 0.29) is 0 Å². The Labute approximate surface area is 210 Å². The molecule has 36 heavy (non-hydrogen) atoms. The minimum Gasteiger partial charge on any atom is -0.493 e. The van der Waals surface area contributed by atoms with Crippen LogP contribution in [0, 0.1) is 0 Å². The molecular weight excluding hydrogens is 452 g/mol. The number of hydrogen-bond donors (Lipinski definition) is 1. The van der Waals surface area contributed by atoms with Gasteiger partial charge in [-0.25, -0.2) is 9.97 Å². The first-order chi connectivity index (χ1) is 17.8. The molecule has 0 spiro atoms. The predicted octanol–water partition coefficient (Wildman–Crippen LogP) is 3.99. The average molecular weight is 483 g/mol. The highest BCUT2D eigenvalue weighted by molar-refractivity contribution is 5.74. The van der Waals surface area contributed by atoms with Gasteiger partial charge in [-0.3, -0.25) is 4.90 Å². The summed E-state index contributed by atoms with van der Waals surface area (Å²) in [7, 11) is 0. The lowest BCUT2D eigenvalue weighted by Crippen LogP contribution is -2.56. The number of piperazine rings is 1. The summed E-state index contributed by atoms with van der Waals surface area (Å²) >= 11 is 0. The van der Waals surface area contributed by atoms with E-state index in [1.807, 2.05) is 23.0 Å². The van der Waals surface area contributed by atoms with E-state index in [2.05, 4.69) is 62.6 Å². The molecule has 2 fully saturated rings. The molecule has 2 aromatic heterocycles. The fourth-order valence-corrected chi connectivity index (χ4v) is 5.35. The highest BCUT2D eigenvalue weighted by Gasteiger charge is 2.28. The molecule has 0 unspecified atom stereocenters. The van der Waals surface area contributed by atoms with Crippen molar-refractivity contribution < 1.29 is 9.47 Å². The number of anilines is 3. The van der Waals surface area contributed by atoms with Crippen molar-refractivity contribution in [1.29, 1.82) is 0 Å². The Morgan fingerprint density at radius 1 is 0.972 bits per heavy atom. The standard InChI is InChI=1S/C28H30N6O2/c1-2-21-16-20(3-8-26(21)36-15-1)25-17-34-10-9-29-28(34)27(31-25)30-22-4-6-23(7-5-22)32-11-13-33(14-12-32)24-18-35-19-24/h3-10,16-17,24H,1-2,11-15,18-19H2,(H,30,31). The number of rotatable bonds is 5. The summed E-state index contributed by atoms with van der Waals surface area (Å²) in [6.45, 7) is 6.86. The van der Waals surface area contributed by atoms with Gasteiger partial charge < -0.3 is 24.1 Å². The molecule has 8 heteroatoms. The third-order valence-electron chi connectivity index (χ3n) is 7.52. The maximum Gasteiger partial charge on any atom is 0.180 e. The van der Waals surface area contributed by atoms with Gasteiger partial charge in [0.1, 0.15) is 5.75 Å². The summed E-state index contributed by atoms with van der Waals surface area (Å²) in [6, 6.07) is 15.6. The Kier molecular flexibility index (Phi) is 5.48. The van der Waals surface area contributed by atoms with Crippen LogP contribution >= 0.6 is 0 Å². The number of ether oxygens (including phenoxy) is 2. The molecule has 2 saturated heterocycles. The van der Waals surface area contributed by atoms with Crippen LogP contribution in [0.2, 0.25) is 0 Å². The van der Waals surface area contributed by atoms with Crippen molar-refractivity contribution in [3.8, 4) is 17.0 Å². The van der Waals surface area contributed by atoms with Crippen LogP contribution in [0.15, 0.2) is 61.1 Å². The molecule has 2 aromatic carbocycles. The van der Waals surface area contributed by atoms with Crippen LogP contribution in [0.3, 0.4) is 0 Å². The molecule has 184 valence electrons.